The summed E-state index contributed by atoms with van der Waals surface area (Å²) >= 11 is 0. The van der Waals surface area contributed by atoms with E-state index in [2.05, 4.69) is 0 Å². The molecule has 5 heteroatoms. The van der Waals surface area contributed by atoms with Crippen LogP contribution in [0.5, 0.6) is 0 Å². The number of benzene rings is 1. The summed E-state index contributed by atoms with van der Waals surface area (Å²) in [6, 6.07) is 3.58. The fraction of sp³-hybridized carbons (Fsp3) is 0.250. The summed E-state index contributed by atoms with van der Waals surface area (Å²) in [6.45, 7) is 0. The maximum Gasteiger partial charge on any atom is 0.416 e. The lowest BCUT2D eigenvalue weighted by molar-refractivity contribution is -0.138. The molecule has 2 N–H and O–H groups in total. The molecule has 0 aromatic heterocycles. The molecule has 0 spiro atoms. The van der Waals surface area contributed by atoms with Crippen molar-refractivity contribution in [3.63, 3.8) is 0 Å². The van der Waals surface area contributed by atoms with E-state index in [1.54, 1.807) is 0 Å². The van der Waals surface area contributed by atoms with E-state index < -0.39 is 11.7 Å². The van der Waals surface area contributed by atoms with Crippen LogP contribution in [0.3, 0.4) is 0 Å². The van der Waals surface area contributed by atoms with Crippen LogP contribution in [-0.4, -0.2) is 7.85 Å². The van der Waals surface area contributed by atoms with Gasteiger partial charge in [-0.25, -0.2) is 0 Å². The van der Waals surface area contributed by atoms with Gasteiger partial charge in [0.05, 0.1) is 13.4 Å². The van der Waals surface area contributed by atoms with Gasteiger partial charge < -0.3 is 5.73 Å². The van der Waals surface area contributed by atoms with Crippen LogP contribution >= 0.6 is 0 Å². The zero-order valence-electron chi connectivity index (χ0n) is 6.73. The molecule has 0 fully saturated rings. The van der Waals surface area contributed by atoms with Crippen LogP contribution in [0.4, 0.5) is 18.9 Å². The van der Waals surface area contributed by atoms with E-state index in [1.165, 1.54) is 12.1 Å². The maximum atomic E-state index is 12.3. The highest BCUT2D eigenvalue weighted by atomic mass is 19.4. The van der Waals surface area contributed by atoms with Gasteiger partial charge in [-0.3, -0.25) is 0 Å². The van der Waals surface area contributed by atoms with Crippen molar-refractivity contribution in [3.05, 3.63) is 29.3 Å². The van der Waals surface area contributed by atoms with Gasteiger partial charge in [-0.15, -0.1) is 0 Å². The van der Waals surface area contributed by atoms with Crippen molar-refractivity contribution in [2.45, 2.75) is 12.5 Å². The van der Waals surface area contributed by atoms with Crippen molar-refractivity contribution in [1.82, 2.24) is 0 Å². The van der Waals surface area contributed by atoms with Crippen molar-refractivity contribution in [1.29, 1.82) is 0 Å². The Balaban J connectivity index is 3.24. The Hall–Kier alpha value is -1.13. The molecule has 0 bridgehead atoms. The molecule has 0 unspecified atom stereocenters. The lowest BCUT2D eigenvalue weighted by atomic mass is 9.92. The van der Waals surface area contributed by atoms with Gasteiger partial charge in [-0.2, -0.15) is 13.2 Å². The maximum absolute atomic E-state index is 12.3. The Labute approximate surface area is 75.1 Å². The molecule has 0 atom stereocenters. The average Bonchev–Trinajstić information content (AvgIpc) is 2.03. The zero-order valence-corrected chi connectivity index (χ0v) is 6.73. The van der Waals surface area contributed by atoms with Gasteiger partial charge in [0.15, 0.2) is 0 Å². The van der Waals surface area contributed by atoms with Crippen molar-refractivity contribution in [2.24, 2.45) is 0 Å². The van der Waals surface area contributed by atoms with Gasteiger partial charge in [-0.1, -0.05) is 12.4 Å². The minimum absolute atomic E-state index is 0.0571. The summed E-state index contributed by atoms with van der Waals surface area (Å²) in [5.74, 6) is 0. The van der Waals surface area contributed by atoms with Gasteiger partial charge >= 0.3 is 6.18 Å². The molecule has 13 heavy (non-hydrogen) atoms. The minimum Gasteiger partial charge on any atom is -0.399 e. The van der Waals surface area contributed by atoms with Crippen molar-refractivity contribution < 1.29 is 13.2 Å². The normalized spacial score (nSPS) is 11.6. The highest BCUT2D eigenvalue weighted by molar-refractivity contribution is 6.08. The molecule has 0 heterocycles. The summed E-state index contributed by atoms with van der Waals surface area (Å²) in [5.41, 5.74) is 4.63. The predicted octanol–water partition coefficient (Wildman–Crippen LogP) is 1.96. The summed E-state index contributed by atoms with van der Waals surface area (Å²) in [4.78, 5) is 0. The highest BCUT2D eigenvalue weighted by Crippen LogP contribution is 2.33. The number of hydrogen-bond acceptors (Lipinski definition) is 1. The summed E-state index contributed by atoms with van der Waals surface area (Å²) in [5, 5.41) is 0. The van der Waals surface area contributed by atoms with Crippen LogP contribution < -0.4 is 5.73 Å². The second-order valence-electron chi connectivity index (χ2n) is 2.62. The molecule has 0 aliphatic rings. The van der Waals surface area contributed by atoms with Crippen molar-refractivity contribution in [3.8, 4) is 0 Å². The third-order valence-corrected chi connectivity index (χ3v) is 1.66. The minimum atomic E-state index is -4.38. The molecule has 1 aromatic rings. The second-order valence-corrected chi connectivity index (χ2v) is 2.62. The van der Waals surface area contributed by atoms with E-state index in [9.17, 15) is 13.2 Å². The number of nitrogen functional groups attached to an aromatic ring is 1. The van der Waals surface area contributed by atoms with E-state index in [0.29, 0.717) is 0 Å². The Kier molecular flexibility index (Phi) is 2.54. The predicted molar refractivity (Wildman–Crippen MR) is 45.3 cm³/mol. The number of anilines is 1. The smallest absolute Gasteiger partial charge is 0.399 e. The number of halogens is 3. The third-order valence-electron chi connectivity index (χ3n) is 1.66. The summed E-state index contributed by atoms with van der Waals surface area (Å²) < 4.78 is 36.9. The number of hydrogen-bond donors (Lipinski definition) is 1. The molecular weight excluding hydrogens is 178 g/mol. The molecule has 0 saturated carbocycles. The molecule has 1 aromatic carbocycles. The van der Waals surface area contributed by atoms with Gasteiger partial charge in [0.2, 0.25) is 0 Å². The van der Waals surface area contributed by atoms with Gasteiger partial charge in [0.25, 0.3) is 0 Å². The Bertz CT molecular complexity index is 309. The standard InChI is InChI=1S/C8H7BF3N/c9-4-5-1-2-6(13)3-7(5)8(10,11)12/h1-3H,4,13H2. The van der Waals surface area contributed by atoms with Gasteiger partial charge in [-0.05, 0) is 17.7 Å². The molecule has 1 rings (SSSR count). The SMILES string of the molecule is [B]Cc1ccc(N)cc1C(F)(F)F. The third kappa shape index (κ3) is 2.17. The van der Waals surface area contributed by atoms with E-state index in [0.717, 1.165) is 6.07 Å². The van der Waals surface area contributed by atoms with Crippen molar-refractivity contribution in [2.75, 3.05) is 5.73 Å². The second kappa shape index (κ2) is 3.32. The first-order valence-corrected chi connectivity index (χ1v) is 3.61. The fourth-order valence-electron chi connectivity index (χ4n) is 1.04. The molecule has 0 saturated heterocycles. The Morgan fingerprint density at radius 1 is 1.31 bits per heavy atom. The van der Waals surface area contributed by atoms with Gasteiger partial charge in [0.1, 0.15) is 0 Å². The highest BCUT2D eigenvalue weighted by Gasteiger charge is 2.32. The lowest BCUT2D eigenvalue weighted by Gasteiger charge is -2.11. The van der Waals surface area contributed by atoms with Gasteiger partial charge in [0, 0.05) is 5.69 Å². The van der Waals surface area contributed by atoms with Crippen LogP contribution in [0, 0.1) is 0 Å². The summed E-state index contributed by atoms with van der Waals surface area (Å²) in [6.07, 6.45) is -4.53. The molecule has 2 radical (unpaired) electrons. The quantitative estimate of drug-likeness (QED) is 0.525. The Morgan fingerprint density at radius 2 is 1.92 bits per heavy atom. The molecule has 0 aliphatic heterocycles. The molecule has 68 valence electrons. The van der Waals surface area contributed by atoms with Crippen LogP contribution in [0.25, 0.3) is 0 Å². The topological polar surface area (TPSA) is 26.0 Å². The zero-order chi connectivity index (χ0) is 10.1. The first-order valence-electron chi connectivity index (χ1n) is 3.61. The summed E-state index contributed by atoms with van der Waals surface area (Å²) in [7, 11) is 5.16. The van der Waals surface area contributed by atoms with E-state index in [4.69, 9.17) is 13.6 Å². The van der Waals surface area contributed by atoms with Crippen LogP contribution in [0.15, 0.2) is 18.2 Å². The average molecular weight is 185 g/mol. The van der Waals surface area contributed by atoms with Crippen LogP contribution in [0.1, 0.15) is 11.1 Å². The monoisotopic (exact) mass is 185 g/mol. The van der Waals surface area contributed by atoms with Crippen LogP contribution in [-0.2, 0) is 12.5 Å². The molecular formula is C8H7BF3N. The molecule has 1 nitrogen and oxygen atoms in total. The first-order chi connectivity index (χ1) is 5.95. The number of rotatable bonds is 1. The van der Waals surface area contributed by atoms with E-state index >= 15 is 0 Å². The Morgan fingerprint density at radius 3 is 2.38 bits per heavy atom. The number of nitrogens with two attached hydrogens (primary N) is 1. The van der Waals surface area contributed by atoms with E-state index in [1.807, 2.05) is 0 Å². The largest absolute Gasteiger partial charge is 0.416 e. The molecule has 0 amide bonds. The van der Waals surface area contributed by atoms with E-state index in [-0.39, 0.29) is 17.6 Å². The lowest BCUT2D eigenvalue weighted by Crippen LogP contribution is -2.10. The van der Waals surface area contributed by atoms with Crippen molar-refractivity contribution >= 4 is 13.5 Å². The first kappa shape index (κ1) is 9.96. The molecule has 0 aliphatic carbocycles. The number of alkyl halides is 3. The fourth-order valence-corrected chi connectivity index (χ4v) is 1.04. The van der Waals surface area contributed by atoms with Crippen LogP contribution in [0.2, 0.25) is 0 Å².